The lowest BCUT2D eigenvalue weighted by molar-refractivity contribution is 0.104. The fourth-order valence-corrected chi connectivity index (χ4v) is 5.74. The van der Waals surface area contributed by atoms with E-state index in [1.54, 1.807) is 6.08 Å². The first-order valence-corrected chi connectivity index (χ1v) is 13.8. The monoisotopic (exact) mass is 730 g/mol. The molecule has 0 spiro atoms. The third-order valence-corrected chi connectivity index (χ3v) is 10.7. The van der Waals surface area contributed by atoms with Crippen molar-refractivity contribution in [1.29, 1.82) is 0 Å². The molecular formula is C23H25I3OS. The van der Waals surface area contributed by atoms with E-state index in [1.807, 2.05) is 30.0 Å². The summed E-state index contributed by atoms with van der Waals surface area (Å²) in [6, 6.07) is 12.2. The molecule has 0 bridgehead atoms. The zero-order chi connectivity index (χ0) is 20.4. The highest BCUT2D eigenvalue weighted by Gasteiger charge is 2.07. The van der Waals surface area contributed by atoms with Crippen molar-refractivity contribution in [2.45, 2.75) is 50.3 Å². The van der Waals surface area contributed by atoms with Crippen molar-refractivity contribution < 1.29 is 4.79 Å². The Morgan fingerprint density at radius 3 is 2.29 bits per heavy atom. The van der Waals surface area contributed by atoms with Gasteiger partial charge in [0.2, 0.25) is 0 Å². The summed E-state index contributed by atoms with van der Waals surface area (Å²) in [7, 11) is 0. The predicted octanol–water partition coefficient (Wildman–Crippen LogP) is 8.85. The third-order valence-electron chi connectivity index (χ3n) is 4.38. The number of halogens is 3. The molecule has 5 heteroatoms. The predicted molar refractivity (Wildman–Crippen MR) is 148 cm³/mol. The molecule has 0 amide bonds. The lowest BCUT2D eigenvalue weighted by atomic mass is 10.1. The van der Waals surface area contributed by atoms with Gasteiger partial charge in [-0.2, -0.15) is 0 Å². The molecule has 28 heavy (non-hydrogen) atoms. The number of carbonyl (C=O) groups excluding carboxylic acids is 1. The number of ketones is 1. The summed E-state index contributed by atoms with van der Waals surface area (Å²) >= 11 is 8.92. The maximum atomic E-state index is 12.5. The van der Waals surface area contributed by atoms with E-state index in [0.29, 0.717) is 0 Å². The molecule has 0 aromatic heterocycles. The number of unbranched alkanes of at least 4 members (excludes halogenated alkanes) is 5. The minimum atomic E-state index is 0.0526. The molecule has 0 N–H and O–H groups in total. The average molecular weight is 730 g/mol. The van der Waals surface area contributed by atoms with Crippen molar-refractivity contribution in [2.24, 2.45) is 0 Å². The first-order chi connectivity index (χ1) is 13.5. The summed E-state index contributed by atoms with van der Waals surface area (Å²) in [6.45, 7) is 2.25. The third kappa shape index (κ3) is 8.26. The Bertz CT molecular complexity index is 800. The van der Waals surface area contributed by atoms with Crippen LogP contribution in [0.2, 0.25) is 0 Å². The van der Waals surface area contributed by atoms with E-state index in [-0.39, 0.29) is 5.78 Å². The van der Waals surface area contributed by atoms with Crippen molar-refractivity contribution in [3.05, 3.63) is 64.3 Å². The molecule has 0 radical (unpaired) electrons. The van der Waals surface area contributed by atoms with Crippen LogP contribution in [0.1, 0.15) is 61.4 Å². The lowest BCUT2D eigenvalue weighted by Gasteiger charge is -2.04. The molecule has 0 atom stereocenters. The Morgan fingerprint density at radius 2 is 1.57 bits per heavy atom. The van der Waals surface area contributed by atoms with Crippen LogP contribution in [0.25, 0.3) is 6.08 Å². The molecule has 0 saturated carbocycles. The van der Waals surface area contributed by atoms with E-state index < -0.39 is 0 Å². The van der Waals surface area contributed by atoms with Gasteiger partial charge in [-0.25, -0.2) is 0 Å². The smallest absolute Gasteiger partial charge is 0.185 e. The minimum Gasteiger partial charge on any atom is -0.289 e. The van der Waals surface area contributed by atoms with Crippen LogP contribution in [-0.4, -0.2) is 11.5 Å². The summed E-state index contributed by atoms with van der Waals surface area (Å²) in [5.41, 5.74) is 1.83. The maximum absolute atomic E-state index is 12.5. The van der Waals surface area contributed by atoms with E-state index in [9.17, 15) is 4.79 Å². The average Bonchev–Trinajstić information content (AvgIpc) is 2.71. The number of hydrogen-bond acceptors (Lipinski definition) is 2. The van der Waals surface area contributed by atoms with Crippen LogP contribution in [0.3, 0.4) is 0 Å². The molecule has 0 unspecified atom stereocenters. The molecule has 0 saturated heterocycles. The second-order valence-electron chi connectivity index (χ2n) is 6.60. The van der Waals surface area contributed by atoms with Crippen LogP contribution < -0.4 is 0 Å². The highest BCUT2D eigenvalue weighted by molar-refractivity contribution is 14.1. The van der Waals surface area contributed by atoms with Crippen LogP contribution in [0.5, 0.6) is 0 Å². The van der Waals surface area contributed by atoms with Gasteiger partial charge in [-0.05, 0) is 128 Å². The quantitative estimate of drug-likeness (QED) is 0.0575. The molecular weight excluding hydrogens is 705 g/mol. The molecule has 2 aromatic carbocycles. The van der Waals surface area contributed by atoms with Crippen molar-refractivity contribution in [3.8, 4) is 0 Å². The van der Waals surface area contributed by atoms with Crippen molar-refractivity contribution in [1.82, 2.24) is 0 Å². The van der Waals surface area contributed by atoms with Crippen LogP contribution in [-0.2, 0) is 0 Å². The van der Waals surface area contributed by atoms with Gasteiger partial charge in [0, 0.05) is 21.2 Å². The first-order valence-electron chi connectivity index (χ1n) is 9.61. The molecule has 0 aliphatic rings. The van der Waals surface area contributed by atoms with Gasteiger partial charge >= 0.3 is 0 Å². The topological polar surface area (TPSA) is 17.1 Å². The van der Waals surface area contributed by atoms with Crippen LogP contribution in [0, 0.1) is 10.7 Å². The van der Waals surface area contributed by atoms with E-state index in [4.69, 9.17) is 0 Å². The number of hydrogen-bond donors (Lipinski definition) is 0. The largest absolute Gasteiger partial charge is 0.289 e. The Morgan fingerprint density at radius 1 is 0.893 bits per heavy atom. The highest BCUT2D eigenvalue weighted by Crippen LogP contribution is 2.26. The fraction of sp³-hybridized carbons (Fsp3) is 0.348. The Labute approximate surface area is 214 Å². The van der Waals surface area contributed by atoms with Crippen molar-refractivity contribution in [2.75, 3.05) is 5.75 Å². The summed E-state index contributed by atoms with van der Waals surface area (Å²) in [6.07, 6.45) is 11.6. The number of carbonyl (C=O) groups is 1. The van der Waals surface area contributed by atoms with E-state index in [0.717, 1.165) is 16.9 Å². The normalized spacial score (nSPS) is 11.3. The van der Waals surface area contributed by atoms with Crippen LogP contribution in [0.4, 0.5) is 0 Å². The van der Waals surface area contributed by atoms with Crippen molar-refractivity contribution in [3.63, 3.8) is 0 Å². The van der Waals surface area contributed by atoms with E-state index >= 15 is 0 Å². The summed E-state index contributed by atoms with van der Waals surface area (Å²) < 4.78 is 3.66. The molecule has 0 heterocycles. The van der Waals surface area contributed by atoms with Crippen molar-refractivity contribution >= 4 is 91.4 Å². The van der Waals surface area contributed by atoms with Gasteiger partial charge in [0.15, 0.2) is 5.78 Å². The highest BCUT2D eigenvalue weighted by atomic mass is 127. The SMILES string of the molecule is CCCCCCCCSc1ccc(C(=O)/C=C/c2ccc(I)c(I)c2I)cc1. The molecule has 150 valence electrons. The Balaban J connectivity index is 1.84. The number of rotatable bonds is 11. The molecule has 0 aliphatic carbocycles. The van der Waals surface area contributed by atoms with Gasteiger partial charge in [-0.1, -0.05) is 45.1 Å². The van der Waals surface area contributed by atoms with Crippen LogP contribution in [0.15, 0.2) is 47.4 Å². The molecule has 0 fully saturated rings. The van der Waals surface area contributed by atoms with Gasteiger partial charge < -0.3 is 0 Å². The summed E-state index contributed by atoms with van der Waals surface area (Å²) in [4.78, 5) is 13.7. The molecule has 1 nitrogen and oxygen atoms in total. The summed E-state index contributed by atoms with van der Waals surface area (Å²) in [5.74, 6) is 1.21. The van der Waals surface area contributed by atoms with Gasteiger partial charge in [0.1, 0.15) is 0 Å². The minimum absolute atomic E-state index is 0.0526. The van der Waals surface area contributed by atoms with Crippen LogP contribution >= 0.6 is 79.5 Å². The fourth-order valence-electron chi connectivity index (χ4n) is 2.72. The molecule has 2 rings (SSSR count). The standard InChI is InChI=1S/C23H25I3OS/c1-2-3-4-5-6-7-16-28-19-12-8-17(9-13-19)21(27)15-11-18-10-14-20(24)23(26)22(18)25/h8-15H,2-7,16H2,1H3/b15-11+. The number of allylic oxidation sites excluding steroid dienone is 1. The van der Waals surface area contributed by atoms with Gasteiger partial charge in [0.25, 0.3) is 0 Å². The second-order valence-corrected chi connectivity index (χ2v) is 11.1. The van der Waals surface area contributed by atoms with Gasteiger partial charge in [-0.3, -0.25) is 4.79 Å². The van der Waals surface area contributed by atoms with Gasteiger partial charge in [-0.15, -0.1) is 11.8 Å². The van der Waals surface area contributed by atoms with Gasteiger partial charge in [0.05, 0.1) is 0 Å². The second kappa shape index (κ2) is 13.6. The Hall–Kier alpha value is 0.390. The number of benzene rings is 2. The zero-order valence-corrected chi connectivity index (χ0v) is 23.3. The Kier molecular flexibility index (Phi) is 12.0. The first kappa shape index (κ1) is 24.7. The number of thioether (sulfide) groups is 1. The summed E-state index contributed by atoms with van der Waals surface area (Å²) in [5, 5.41) is 0. The molecule has 2 aromatic rings. The lowest BCUT2D eigenvalue weighted by Crippen LogP contribution is -1.95. The maximum Gasteiger partial charge on any atom is 0.185 e. The van der Waals surface area contributed by atoms with E-state index in [2.05, 4.69) is 99.0 Å². The van der Waals surface area contributed by atoms with E-state index in [1.165, 1.54) is 54.1 Å². The zero-order valence-electron chi connectivity index (χ0n) is 16.0. The molecule has 0 aliphatic heterocycles.